The number of rotatable bonds is 8. The van der Waals surface area contributed by atoms with Crippen LogP contribution in [0.25, 0.3) is 0 Å². The highest BCUT2D eigenvalue weighted by Crippen LogP contribution is 2.33. The van der Waals surface area contributed by atoms with Gasteiger partial charge < -0.3 is 10.1 Å². The molecule has 7 nitrogen and oxygen atoms in total. The Balaban J connectivity index is 1.58. The molecule has 32 heavy (non-hydrogen) atoms. The third kappa shape index (κ3) is 6.20. The molecule has 3 rings (SSSR count). The lowest BCUT2D eigenvalue weighted by Gasteiger charge is -2.11. The van der Waals surface area contributed by atoms with Crippen LogP contribution in [0.15, 0.2) is 52.9 Å². The molecule has 0 bridgehead atoms. The summed E-state index contributed by atoms with van der Waals surface area (Å²) in [5.74, 6) is -0.689. The molecule has 0 fully saturated rings. The molecule has 2 aromatic carbocycles. The van der Waals surface area contributed by atoms with Crippen molar-refractivity contribution in [1.29, 1.82) is 0 Å². The minimum atomic E-state index is -4.66. The second-order valence-corrected chi connectivity index (χ2v) is 8.34. The van der Waals surface area contributed by atoms with Gasteiger partial charge in [0, 0.05) is 0 Å². The number of hydrogen-bond donors (Lipinski definition) is 2. The van der Waals surface area contributed by atoms with Crippen LogP contribution < -0.4 is 15.4 Å². The Morgan fingerprint density at radius 2 is 1.78 bits per heavy atom. The molecule has 0 atom stereocenters. The van der Waals surface area contributed by atoms with Crippen molar-refractivity contribution in [3.8, 4) is 5.75 Å². The molecule has 1 aromatic heterocycles. The van der Waals surface area contributed by atoms with E-state index in [1.807, 2.05) is 6.92 Å². The van der Waals surface area contributed by atoms with Gasteiger partial charge in [0.05, 0.1) is 29.2 Å². The summed E-state index contributed by atoms with van der Waals surface area (Å²) in [7, 11) is 0. The van der Waals surface area contributed by atoms with Crippen LogP contribution in [0.1, 0.15) is 22.8 Å². The Morgan fingerprint density at radius 3 is 2.53 bits per heavy atom. The normalized spacial score (nSPS) is 11.1. The summed E-state index contributed by atoms with van der Waals surface area (Å²) >= 11 is 2.03. The van der Waals surface area contributed by atoms with Crippen LogP contribution in [0, 0.1) is 0 Å². The molecule has 0 spiro atoms. The van der Waals surface area contributed by atoms with E-state index in [4.69, 9.17) is 4.74 Å². The topological polar surface area (TPSA) is 93.2 Å². The van der Waals surface area contributed by atoms with Gasteiger partial charge in [-0.15, -0.1) is 10.2 Å². The first-order valence-corrected chi connectivity index (χ1v) is 11.0. The van der Waals surface area contributed by atoms with Crippen molar-refractivity contribution in [3.63, 3.8) is 0 Å². The van der Waals surface area contributed by atoms with Crippen LogP contribution in [0.5, 0.6) is 5.75 Å². The van der Waals surface area contributed by atoms with E-state index in [0.717, 1.165) is 35.2 Å². The van der Waals surface area contributed by atoms with E-state index in [0.29, 0.717) is 22.4 Å². The van der Waals surface area contributed by atoms with Gasteiger partial charge in [-0.2, -0.15) is 13.2 Å². The quantitative estimate of drug-likeness (QED) is 0.349. The number of benzene rings is 2. The molecule has 0 radical (unpaired) electrons. The lowest BCUT2D eigenvalue weighted by molar-refractivity contribution is -0.137. The molecule has 2 amide bonds. The van der Waals surface area contributed by atoms with Gasteiger partial charge in [0.2, 0.25) is 11.0 Å². The lowest BCUT2D eigenvalue weighted by atomic mass is 10.1. The Bertz CT molecular complexity index is 1110. The summed E-state index contributed by atoms with van der Waals surface area (Å²) in [5, 5.41) is 12.7. The largest absolute Gasteiger partial charge is 0.492 e. The molecule has 0 aliphatic heterocycles. The van der Waals surface area contributed by atoms with Gasteiger partial charge >= 0.3 is 6.18 Å². The number of thioether (sulfide) groups is 1. The first kappa shape index (κ1) is 23.5. The SMILES string of the molecule is CCOc1ccccc1NC(=O)CSc1nnc(NC(=O)c2ccccc2C(F)(F)F)s1. The summed E-state index contributed by atoms with van der Waals surface area (Å²) in [6, 6.07) is 11.5. The Labute approximate surface area is 189 Å². The van der Waals surface area contributed by atoms with E-state index in [1.165, 1.54) is 12.1 Å². The summed E-state index contributed by atoms with van der Waals surface area (Å²) < 4.78 is 45.1. The van der Waals surface area contributed by atoms with Crippen LogP contribution in [0.4, 0.5) is 24.0 Å². The molecule has 12 heteroatoms. The number of ether oxygens (including phenoxy) is 1. The Kier molecular flexibility index (Phi) is 7.70. The van der Waals surface area contributed by atoms with E-state index in [9.17, 15) is 22.8 Å². The maximum Gasteiger partial charge on any atom is 0.417 e. The number of aromatic nitrogens is 2. The van der Waals surface area contributed by atoms with Crippen molar-refractivity contribution in [3.05, 3.63) is 59.7 Å². The highest BCUT2D eigenvalue weighted by molar-refractivity contribution is 8.01. The van der Waals surface area contributed by atoms with Crippen LogP contribution in [-0.2, 0) is 11.0 Å². The van der Waals surface area contributed by atoms with Gasteiger partial charge in [-0.05, 0) is 31.2 Å². The van der Waals surface area contributed by atoms with Crippen LogP contribution >= 0.6 is 23.1 Å². The number of para-hydroxylation sites is 2. The van der Waals surface area contributed by atoms with Gasteiger partial charge in [-0.25, -0.2) is 0 Å². The summed E-state index contributed by atoms with van der Waals surface area (Å²) in [5.41, 5.74) is -1.02. The standard InChI is InChI=1S/C20H17F3N4O3S2/c1-2-30-15-10-6-5-9-14(15)24-16(28)11-31-19-27-26-18(32-19)25-17(29)12-7-3-4-8-13(12)20(21,22)23/h3-10H,2,11H2,1H3,(H,24,28)(H,25,26,29). The molecule has 0 saturated carbocycles. The van der Waals surface area contributed by atoms with Crippen LogP contribution in [-0.4, -0.2) is 34.4 Å². The monoisotopic (exact) mass is 482 g/mol. The third-order valence-corrected chi connectivity index (χ3v) is 5.86. The van der Waals surface area contributed by atoms with Gasteiger partial charge in [-0.3, -0.25) is 14.9 Å². The zero-order valence-corrected chi connectivity index (χ0v) is 18.2. The van der Waals surface area contributed by atoms with Gasteiger partial charge in [0.15, 0.2) is 4.34 Å². The fourth-order valence-corrected chi connectivity index (χ4v) is 4.12. The summed E-state index contributed by atoms with van der Waals surface area (Å²) in [6.45, 7) is 2.29. The van der Waals surface area contributed by atoms with Gasteiger partial charge in [0.1, 0.15) is 5.75 Å². The van der Waals surface area contributed by atoms with Crippen LogP contribution in [0.3, 0.4) is 0 Å². The molecule has 0 saturated heterocycles. The Hall–Kier alpha value is -3.12. The number of halogens is 3. The number of carbonyl (C=O) groups excluding carboxylic acids is 2. The number of anilines is 2. The maximum absolute atomic E-state index is 13.1. The van der Waals surface area contributed by atoms with E-state index in [2.05, 4.69) is 20.8 Å². The van der Waals surface area contributed by atoms with Crippen molar-refractivity contribution in [2.75, 3.05) is 23.0 Å². The predicted octanol–water partition coefficient (Wildman–Crippen LogP) is 4.94. The fourth-order valence-electron chi connectivity index (χ4n) is 2.58. The van der Waals surface area contributed by atoms with E-state index in [-0.39, 0.29) is 16.8 Å². The highest BCUT2D eigenvalue weighted by atomic mass is 32.2. The van der Waals surface area contributed by atoms with Crippen molar-refractivity contribution in [2.45, 2.75) is 17.4 Å². The second-order valence-electron chi connectivity index (χ2n) is 6.14. The maximum atomic E-state index is 13.1. The smallest absolute Gasteiger partial charge is 0.417 e. The highest BCUT2D eigenvalue weighted by Gasteiger charge is 2.35. The first-order valence-electron chi connectivity index (χ1n) is 9.23. The minimum Gasteiger partial charge on any atom is -0.492 e. The number of alkyl halides is 3. The van der Waals surface area contributed by atoms with Crippen molar-refractivity contribution in [1.82, 2.24) is 10.2 Å². The molecule has 2 N–H and O–H groups in total. The fraction of sp³-hybridized carbons (Fsp3) is 0.200. The molecule has 3 aromatic rings. The van der Waals surface area contributed by atoms with E-state index in [1.54, 1.807) is 24.3 Å². The minimum absolute atomic E-state index is 0.0138. The van der Waals surface area contributed by atoms with Crippen molar-refractivity contribution >= 4 is 45.7 Å². The number of amides is 2. The number of carbonyl (C=O) groups is 2. The van der Waals surface area contributed by atoms with E-state index < -0.39 is 23.2 Å². The molecule has 1 heterocycles. The average molecular weight is 483 g/mol. The first-order chi connectivity index (χ1) is 15.3. The number of hydrogen-bond acceptors (Lipinski definition) is 7. The molecular weight excluding hydrogens is 465 g/mol. The van der Waals surface area contributed by atoms with Crippen molar-refractivity contribution in [2.24, 2.45) is 0 Å². The summed E-state index contributed by atoms with van der Waals surface area (Å²) in [4.78, 5) is 24.5. The zero-order valence-electron chi connectivity index (χ0n) is 16.6. The molecule has 0 aliphatic rings. The molecule has 0 aliphatic carbocycles. The predicted molar refractivity (Wildman–Crippen MR) is 116 cm³/mol. The third-order valence-electron chi connectivity index (χ3n) is 3.89. The molecule has 168 valence electrons. The Morgan fingerprint density at radius 1 is 1.06 bits per heavy atom. The van der Waals surface area contributed by atoms with Gasteiger partial charge in [0.25, 0.3) is 5.91 Å². The molecular formula is C20H17F3N4O3S2. The number of nitrogens with zero attached hydrogens (tertiary/aromatic N) is 2. The van der Waals surface area contributed by atoms with Crippen LogP contribution in [0.2, 0.25) is 0 Å². The zero-order chi connectivity index (χ0) is 23.1. The average Bonchev–Trinajstić information content (AvgIpc) is 3.20. The summed E-state index contributed by atoms with van der Waals surface area (Å²) in [6.07, 6.45) is -4.66. The van der Waals surface area contributed by atoms with Gasteiger partial charge in [-0.1, -0.05) is 47.4 Å². The molecule has 0 unspecified atom stereocenters. The van der Waals surface area contributed by atoms with Crippen molar-refractivity contribution < 1.29 is 27.5 Å². The van der Waals surface area contributed by atoms with E-state index >= 15 is 0 Å². The number of nitrogens with one attached hydrogen (secondary N) is 2. The second kappa shape index (κ2) is 10.5. The lowest BCUT2D eigenvalue weighted by Crippen LogP contribution is -2.18.